The first-order valence-corrected chi connectivity index (χ1v) is 12.0. The topological polar surface area (TPSA) is 72.4 Å². The molecule has 0 radical (unpaired) electrons. The predicted molar refractivity (Wildman–Crippen MR) is 132 cm³/mol. The molecule has 4 atom stereocenters. The van der Waals surface area contributed by atoms with E-state index in [1.54, 1.807) is 6.20 Å². The maximum Gasteiger partial charge on any atom is 0.101 e. The Balaban J connectivity index is 1.32. The molecule has 3 aromatic rings. The van der Waals surface area contributed by atoms with Gasteiger partial charge in [-0.05, 0) is 60.4 Å². The Morgan fingerprint density at radius 2 is 1.91 bits per heavy atom. The van der Waals surface area contributed by atoms with E-state index in [2.05, 4.69) is 69.9 Å². The zero-order chi connectivity index (χ0) is 22.7. The number of fused-ring (bicyclic) bond motifs is 4. The minimum Gasteiger partial charge on any atom is -0.370 e. The van der Waals surface area contributed by atoms with E-state index >= 15 is 0 Å². The summed E-state index contributed by atoms with van der Waals surface area (Å²) in [5, 5.41) is 10.6. The predicted octanol–water partition coefficient (Wildman–Crippen LogP) is 3.66. The second kappa shape index (κ2) is 7.72. The molecule has 33 heavy (non-hydrogen) atoms. The molecule has 2 aromatic carbocycles. The molecule has 6 nitrogen and oxygen atoms in total. The molecule has 4 heterocycles. The van der Waals surface area contributed by atoms with E-state index < -0.39 is 0 Å². The van der Waals surface area contributed by atoms with Gasteiger partial charge in [-0.2, -0.15) is 5.26 Å². The summed E-state index contributed by atoms with van der Waals surface area (Å²) in [5.41, 5.74) is 13.1. The monoisotopic (exact) mass is 438 g/mol. The number of rotatable bonds is 2. The van der Waals surface area contributed by atoms with Gasteiger partial charge in [-0.15, -0.1) is 0 Å². The van der Waals surface area contributed by atoms with Gasteiger partial charge in [-0.3, -0.25) is 9.88 Å². The quantitative estimate of drug-likeness (QED) is 0.658. The summed E-state index contributed by atoms with van der Waals surface area (Å²) in [5.74, 6) is 0.537. The van der Waals surface area contributed by atoms with Gasteiger partial charge in [0.25, 0.3) is 0 Å². The minimum absolute atomic E-state index is 0.259. The molecule has 2 fully saturated rings. The van der Waals surface area contributed by atoms with E-state index in [-0.39, 0.29) is 6.04 Å². The van der Waals surface area contributed by atoms with Crippen LogP contribution in [-0.2, 0) is 6.54 Å². The lowest BCUT2D eigenvalue weighted by atomic mass is 9.99. The fourth-order valence-corrected chi connectivity index (χ4v) is 6.03. The van der Waals surface area contributed by atoms with Gasteiger partial charge >= 0.3 is 0 Å². The molecule has 2 saturated heterocycles. The fourth-order valence-electron chi connectivity index (χ4n) is 6.03. The summed E-state index contributed by atoms with van der Waals surface area (Å²) in [6.45, 7) is 9.47. The third-order valence-electron chi connectivity index (χ3n) is 7.93. The molecule has 0 saturated carbocycles. The normalized spacial score (nSPS) is 27.0. The highest BCUT2D eigenvalue weighted by Crippen LogP contribution is 2.42. The second-order valence-corrected chi connectivity index (χ2v) is 10.0. The van der Waals surface area contributed by atoms with Gasteiger partial charge in [0, 0.05) is 67.8 Å². The molecule has 0 spiro atoms. The van der Waals surface area contributed by atoms with Crippen molar-refractivity contribution in [2.24, 2.45) is 11.7 Å². The number of aromatic nitrogens is 1. The van der Waals surface area contributed by atoms with Crippen molar-refractivity contribution in [2.45, 2.75) is 38.5 Å². The highest BCUT2D eigenvalue weighted by atomic mass is 15.3. The lowest BCUT2D eigenvalue weighted by Crippen LogP contribution is -2.51. The standard InChI is InChI=1S/C27H30N6/c1-17-12-31(15-24(17)29)21-6-7-22-20(10-21)14-33-18(2)13-32(16-26(22)33)25-8-5-19(11-28)27-23(25)4-3-9-30-27/h3-10,17-18,24,26H,12-16,29H2,1-2H3/t17-,18?,24+,26?/m0/s1. The van der Waals surface area contributed by atoms with Gasteiger partial charge in [0.1, 0.15) is 6.07 Å². The number of nitrogens with two attached hydrogens (primary N) is 1. The maximum atomic E-state index is 9.52. The van der Waals surface area contributed by atoms with Crippen LogP contribution in [0.4, 0.5) is 11.4 Å². The number of anilines is 2. The number of pyridine rings is 1. The van der Waals surface area contributed by atoms with Crippen molar-refractivity contribution in [1.29, 1.82) is 5.26 Å². The lowest BCUT2D eigenvalue weighted by molar-refractivity contribution is 0.134. The van der Waals surface area contributed by atoms with Crippen molar-refractivity contribution >= 4 is 22.3 Å². The Labute approximate surface area is 195 Å². The maximum absolute atomic E-state index is 9.52. The number of nitrogens with zero attached hydrogens (tertiary/aromatic N) is 5. The number of hydrogen-bond donors (Lipinski definition) is 1. The van der Waals surface area contributed by atoms with Crippen LogP contribution < -0.4 is 15.5 Å². The van der Waals surface area contributed by atoms with Gasteiger partial charge in [0.15, 0.2) is 0 Å². The van der Waals surface area contributed by atoms with Gasteiger partial charge in [-0.1, -0.05) is 13.0 Å². The summed E-state index contributed by atoms with van der Waals surface area (Å²) in [7, 11) is 0. The van der Waals surface area contributed by atoms with Crippen molar-refractivity contribution < 1.29 is 0 Å². The molecular formula is C27H30N6. The second-order valence-electron chi connectivity index (χ2n) is 10.0. The largest absolute Gasteiger partial charge is 0.370 e. The number of benzene rings is 2. The van der Waals surface area contributed by atoms with Crippen molar-refractivity contribution in [1.82, 2.24) is 9.88 Å². The smallest absolute Gasteiger partial charge is 0.101 e. The average molecular weight is 439 g/mol. The first-order chi connectivity index (χ1) is 16.0. The van der Waals surface area contributed by atoms with Gasteiger partial charge < -0.3 is 15.5 Å². The summed E-state index contributed by atoms with van der Waals surface area (Å²) in [6.07, 6.45) is 1.77. The third kappa shape index (κ3) is 3.26. The zero-order valence-corrected chi connectivity index (χ0v) is 19.3. The molecule has 6 rings (SSSR count). The van der Waals surface area contributed by atoms with Gasteiger partial charge in [-0.25, -0.2) is 0 Å². The molecule has 6 heteroatoms. The summed E-state index contributed by atoms with van der Waals surface area (Å²) >= 11 is 0. The van der Waals surface area contributed by atoms with Gasteiger partial charge in [0.2, 0.25) is 0 Å². The summed E-state index contributed by atoms with van der Waals surface area (Å²) in [4.78, 5) is 12.1. The van der Waals surface area contributed by atoms with E-state index in [0.29, 0.717) is 23.6 Å². The van der Waals surface area contributed by atoms with E-state index in [9.17, 15) is 5.26 Å². The molecule has 2 unspecified atom stereocenters. The van der Waals surface area contributed by atoms with Crippen LogP contribution in [0.15, 0.2) is 48.7 Å². The van der Waals surface area contributed by atoms with E-state index in [4.69, 9.17) is 5.73 Å². The SMILES string of the molecule is CC1CN(c2ccc(C#N)c3ncccc23)CC2c3ccc(N4C[C@@H](N)[C@@H](C)C4)cc3CN12. The molecule has 3 aliphatic rings. The Bertz CT molecular complexity index is 1250. The minimum atomic E-state index is 0.259. The molecule has 0 amide bonds. The molecule has 168 valence electrons. The van der Waals surface area contributed by atoms with Crippen molar-refractivity contribution in [3.8, 4) is 6.07 Å². The molecule has 0 bridgehead atoms. The Kier molecular flexibility index (Phi) is 4.79. The fraction of sp³-hybridized carbons (Fsp3) is 0.407. The van der Waals surface area contributed by atoms with Crippen LogP contribution in [-0.4, -0.2) is 48.1 Å². The molecular weight excluding hydrogens is 408 g/mol. The summed E-state index contributed by atoms with van der Waals surface area (Å²) in [6, 6.07) is 18.5. The highest BCUT2D eigenvalue weighted by Gasteiger charge is 2.39. The number of nitriles is 1. The van der Waals surface area contributed by atoms with Crippen LogP contribution in [0, 0.1) is 17.2 Å². The van der Waals surface area contributed by atoms with Crippen LogP contribution >= 0.6 is 0 Å². The van der Waals surface area contributed by atoms with Crippen LogP contribution in [0.1, 0.15) is 36.6 Å². The molecule has 1 aromatic heterocycles. The Morgan fingerprint density at radius 1 is 1.03 bits per heavy atom. The highest BCUT2D eigenvalue weighted by molar-refractivity contribution is 5.95. The van der Waals surface area contributed by atoms with Crippen molar-refractivity contribution in [3.63, 3.8) is 0 Å². The van der Waals surface area contributed by atoms with Crippen LogP contribution in [0.3, 0.4) is 0 Å². The van der Waals surface area contributed by atoms with Crippen molar-refractivity contribution in [2.75, 3.05) is 36.0 Å². The molecule has 3 aliphatic heterocycles. The zero-order valence-electron chi connectivity index (χ0n) is 19.3. The molecule has 2 N–H and O–H groups in total. The van der Waals surface area contributed by atoms with Crippen LogP contribution in [0.5, 0.6) is 0 Å². The van der Waals surface area contributed by atoms with E-state index in [1.807, 2.05) is 12.1 Å². The number of hydrogen-bond acceptors (Lipinski definition) is 6. The van der Waals surface area contributed by atoms with E-state index in [0.717, 1.165) is 43.6 Å². The lowest BCUT2D eigenvalue weighted by Gasteiger charge is -2.43. The van der Waals surface area contributed by atoms with Crippen LogP contribution in [0.25, 0.3) is 10.9 Å². The Hall–Kier alpha value is -3.14. The van der Waals surface area contributed by atoms with Gasteiger partial charge in [0.05, 0.1) is 17.1 Å². The number of piperazine rings is 1. The van der Waals surface area contributed by atoms with Crippen molar-refractivity contribution in [3.05, 3.63) is 65.4 Å². The summed E-state index contributed by atoms with van der Waals surface area (Å²) < 4.78 is 0. The molecule has 0 aliphatic carbocycles. The average Bonchev–Trinajstić information content (AvgIpc) is 3.37. The first-order valence-electron chi connectivity index (χ1n) is 12.0. The Morgan fingerprint density at radius 3 is 2.70 bits per heavy atom. The third-order valence-corrected chi connectivity index (χ3v) is 7.93. The first kappa shape index (κ1) is 20.5. The van der Waals surface area contributed by atoms with Crippen LogP contribution in [0.2, 0.25) is 0 Å². The van der Waals surface area contributed by atoms with E-state index in [1.165, 1.54) is 22.5 Å².